The van der Waals surface area contributed by atoms with Gasteiger partial charge in [-0.3, -0.25) is 34.1 Å². The van der Waals surface area contributed by atoms with Crippen LogP contribution in [-0.4, -0.2) is 132 Å². The number of nitriles is 1. The van der Waals surface area contributed by atoms with Gasteiger partial charge in [-0.1, -0.05) is 37.6 Å². The van der Waals surface area contributed by atoms with E-state index in [0.717, 1.165) is 67.3 Å². The first-order valence-electron chi connectivity index (χ1n) is 23.7. The fourth-order valence-corrected chi connectivity index (χ4v) is 12.0. The number of rotatable bonds is 16. The summed E-state index contributed by atoms with van der Waals surface area (Å²) in [6.45, 7) is 10.4. The standard InChI is InChI=1S/C50H55Cl2N9O8S/c1-50(2,34-23-32(26-53)45(42(52)24-34)68-22-16-51)33-3-6-38(7-4-33)69-30-35-11-17-54-49(55-35)57-70(66,67)39-14-20-59(21-15-39)36-12-18-58(19-13-36)27-31-28-60(29-31)37-5-8-40-41(25-37)48(65)61(47(40)64)43-9-10-44(62)56-46(43)63/h3-8,11,17,23-25,31,36,39,43H,9-10,12-16,18-22,27-30H2,1-2H3,(H,54,55,57)(H,56,62,63). The van der Waals surface area contributed by atoms with Crippen LogP contribution in [0.5, 0.6) is 11.5 Å². The number of anilines is 2. The average Bonchev–Trinajstić information content (AvgIpc) is 3.58. The Morgan fingerprint density at radius 2 is 1.61 bits per heavy atom. The lowest BCUT2D eigenvalue weighted by Crippen LogP contribution is -2.54. The van der Waals surface area contributed by atoms with E-state index in [9.17, 15) is 32.9 Å². The van der Waals surface area contributed by atoms with Crippen molar-refractivity contribution >= 4 is 68.5 Å². The van der Waals surface area contributed by atoms with Crippen LogP contribution >= 0.6 is 23.2 Å². The first-order valence-corrected chi connectivity index (χ1v) is 26.1. The highest BCUT2D eigenvalue weighted by Crippen LogP contribution is 2.39. The van der Waals surface area contributed by atoms with E-state index in [-0.39, 0.29) is 49.0 Å². The number of alkyl halides is 1. The largest absolute Gasteiger partial charge is 0.489 e. The summed E-state index contributed by atoms with van der Waals surface area (Å²) in [6.07, 6.45) is 4.78. The van der Waals surface area contributed by atoms with Crippen LogP contribution in [0, 0.1) is 17.2 Å². The molecule has 368 valence electrons. The molecule has 0 radical (unpaired) electrons. The van der Waals surface area contributed by atoms with Crippen molar-refractivity contribution in [3.8, 4) is 17.6 Å². The SMILES string of the molecule is CC(C)(c1ccc(OCc2ccnc(NS(=O)(=O)C3CCN(C4CCN(CC5CN(c6ccc7c(c6)C(=O)N(C6CCC(=O)NC6=O)C7=O)C5)CC4)CC3)n2)cc1)c1cc(Cl)c(OCCCl)c(C#N)c1. The Bertz CT molecular complexity index is 2820. The Balaban J connectivity index is 0.698. The molecule has 0 saturated carbocycles. The van der Waals surface area contributed by atoms with Crippen LogP contribution in [0.1, 0.15) is 95.5 Å². The van der Waals surface area contributed by atoms with Crippen molar-refractivity contribution in [3.05, 3.63) is 105 Å². The number of fused-ring (bicyclic) bond motifs is 1. The van der Waals surface area contributed by atoms with Crippen molar-refractivity contribution < 1.29 is 37.1 Å². The Morgan fingerprint density at radius 1 is 0.886 bits per heavy atom. The third kappa shape index (κ3) is 10.3. The summed E-state index contributed by atoms with van der Waals surface area (Å²) in [5.74, 6) is -0.372. The number of sulfonamides is 1. The number of hydrogen-bond donors (Lipinski definition) is 2. The van der Waals surface area contributed by atoms with Crippen LogP contribution in [0.25, 0.3) is 0 Å². The van der Waals surface area contributed by atoms with Gasteiger partial charge < -0.3 is 24.2 Å². The van der Waals surface area contributed by atoms with Gasteiger partial charge in [-0.15, -0.1) is 11.6 Å². The molecule has 4 fully saturated rings. The van der Waals surface area contributed by atoms with Gasteiger partial charge >= 0.3 is 0 Å². The van der Waals surface area contributed by atoms with Crippen molar-refractivity contribution in [3.63, 3.8) is 0 Å². The van der Waals surface area contributed by atoms with Crippen molar-refractivity contribution in [1.82, 2.24) is 30.0 Å². The summed E-state index contributed by atoms with van der Waals surface area (Å²) in [5.41, 5.74) is 3.59. The summed E-state index contributed by atoms with van der Waals surface area (Å²) >= 11 is 12.3. The number of benzene rings is 3. The molecule has 17 nitrogen and oxygen atoms in total. The molecule has 4 aromatic rings. The molecule has 1 atom stereocenters. The van der Waals surface area contributed by atoms with Crippen LogP contribution in [-0.2, 0) is 31.6 Å². The van der Waals surface area contributed by atoms with Crippen molar-refractivity contribution in [2.75, 3.05) is 67.9 Å². The third-order valence-electron chi connectivity index (χ3n) is 14.4. The Hall–Kier alpha value is -5.84. The van der Waals surface area contributed by atoms with Crippen molar-refractivity contribution in [2.45, 2.75) is 81.7 Å². The van der Waals surface area contributed by atoms with Gasteiger partial charge in [0.05, 0.1) is 38.5 Å². The van der Waals surface area contributed by atoms with E-state index < -0.39 is 50.4 Å². The third-order valence-corrected chi connectivity index (χ3v) is 16.6. The molecule has 70 heavy (non-hydrogen) atoms. The first-order chi connectivity index (χ1) is 33.6. The highest BCUT2D eigenvalue weighted by Gasteiger charge is 2.45. The first kappa shape index (κ1) is 49.2. The normalized spacial score (nSPS) is 20.0. The van der Waals surface area contributed by atoms with Crippen molar-refractivity contribution in [1.29, 1.82) is 5.26 Å². The minimum Gasteiger partial charge on any atom is -0.489 e. The average molecular weight is 1010 g/mol. The topological polar surface area (TPSA) is 207 Å². The van der Waals surface area contributed by atoms with Crippen LogP contribution in [0.15, 0.2) is 66.9 Å². The predicted octanol–water partition coefficient (Wildman–Crippen LogP) is 5.73. The number of likely N-dealkylation sites (tertiary alicyclic amines) is 2. The van der Waals surface area contributed by atoms with E-state index in [2.05, 4.69) is 40.8 Å². The maximum Gasteiger partial charge on any atom is 0.262 e. The lowest BCUT2D eigenvalue weighted by Gasteiger charge is -2.46. The van der Waals surface area contributed by atoms with Crippen LogP contribution in [0.3, 0.4) is 0 Å². The summed E-state index contributed by atoms with van der Waals surface area (Å²) in [6, 6.07) is 19.7. The minimum absolute atomic E-state index is 0.00861. The second-order valence-electron chi connectivity index (χ2n) is 19.2. The highest BCUT2D eigenvalue weighted by molar-refractivity contribution is 7.93. The summed E-state index contributed by atoms with van der Waals surface area (Å²) in [4.78, 5) is 67.3. The molecule has 5 aliphatic heterocycles. The number of carbonyl (C=O) groups excluding carboxylic acids is 4. The summed E-state index contributed by atoms with van der Waals surface area (Å²) < 4.78 is 41.5. The van der Waals surface area contributed by atoms with Gasteiger partial charge in [0.15, 0.2) is 5.75 Å². The highest BCUT2D eigenvalue weighted by atomic mass is 35.5. The molecule has 9 rings (SSSR count). The molecule has 4 saturated heterocycles. The van der Waals surface area contributed by atoms with Gasteiger partial charge in [-0.25, -0.2) is 18.4 Å². The van der Waals surface area contributed by atoms with Gasteiger partial charge in [0, 0.05) is 55.3 Å². The maximum atomic E-state index is 13.6. The zero-order valence-corrected chi connectivity index (χ0v) is 41.4. The van der Waals surface area contributed by atoms with E-state index in [0.29, 0.717) is 65.7 Å². The summed E-state index contributed by atoms with van der Waals surface area (Å²) in [5, 5.41) is 11.8. The number of amides is 4. The molecule has 4 amide bonds. The lowest BCUT2D eigenvalue weighted by molar-refractivity contribution is -0.136. The number of piperidine rings is 3. The molecular weight excluding hydrogens is 958 g/mol. The van der Waals surface area contributed by atoms with Crippen molar-refractivity contribution in [2.24, 2.45) is 5.92 Å². The minimum atomic E-state index is -3.74. The molecule has 0 spiro atoms. The predicted molar refractivity (Wildman–Crippen MR) is 263 cm³/mol. The summed E-state index contributed by atoms with van der Waals surface area (Å²) in [7, 11) is -3.74. The monoisotopic (exact) mass is 1010 g/mol. The van der Waals surface area contributed by atoms with Gasteiger partial charge in [0.25, 0.3) is 11.8 Å². The molecule has 20 heteroatoms. The fourth-order valence-electron chi connectivity index (χ4n) is 10.3. The van der Waals surface area contributed by atoms with Crippen LogP contribution in [0.2, 0.25) is 5.02 Å². The number of halogens is 2. The molecule has 6 heterocycles. The van der Waals surface area contributed by atoms with Gasteiger partial charge in [-0.2, -0.15) is 5.26 Å². The number of nitrogens with one attached hydrogen (secondary N) is 2. The second kappa shape index (κ2) is 20.5. The molecule has 5 aliphatic rings. The molecule has 2 N–H and O–H groups in total. The molecular formula is C50H55Cl2N9O8S. The molecule has 0 bridgehead atoms. The van der Waals surface area contributed by atoms with Crippen LogP contribution in [0.4, 0.5) is 11.6 Å². The lowest BCUT2D eigenvalue weighted by atomic mass is 9.77. The van der Waals surface area contributed by atoms with Gasteiger partial charge in [0.2, 0.25) is 27.8 Å². The molecule has 0 aliphatic carbocycles. The molecule has 1 aromatic heterocycles. The van der Waals surface area contributed by atoms with E-state index in [4.69, 9.17) is 32.7 Å². The number of aromatic nitrogens is 2. The van der Waals surface area contributed by atoms with E-state index in [1.165, 1.54) is 6.20 Å². The zero-order valence-electron chi connectivity index (χ0n) is 39.0. The number of imide groups is 2. The fraction of sp³-hybridized carbons (Fsp3) is 0.460. The Labute approximate surface area is 417 Å². The van der Waals surface area contributed by atoms with Crippen LogP contribution < -0.4 is 24.4 Å². The number of carbonyl (C=O) groups is 4. The Kier molecular flexibility index (Phi) is 14.4. The van der Waals surface area contributed by atoms with Gasteiger partial charge in [0.1, 0.15) is 31.1 Å². The number of nitrogens with zero attached hydrogens (tertiary/aromatic N) is 7. The number of hydrogen-bond acceptors (Lipinski definition) is 14. The smallest absolute Gasteiger partial charge is 0.262 e. The molecule has 3 aromatic carbocycles. The van der Waals surface area contributed by atoms with Gasteiger partial charge in [-0.05, 0) is 118 Å². The number of ether oxygens (including phenoxy) is 2. The quantitative estimate of drug-likeness (QED) is 0.102. The van der Waals surface area contributed by atoms with E-state index >= 15 is 0 Å². The second-order valence-corrected chi connectivity index (χ2v) is 21.9. The molecule has 1 unspecified atom stereocenters. The van der Waals surface area contributed by atoms with E-state index in [1.54, 1.807) is 30.3 Å². The van der Waals surface area contributed by atoms with E-state index in [1.807, 2.05) is 44.2 Å². The maximum absolute atomic E-state index is 13.6. The Morgan fingerprint density at radius 3 is 2.31 bits per heavy atom. The zero-order chi connectivity index (χ0) is 49.3.